The van der Waals surface area contributed by atoms with Crippen LogP contribution in [0.5, 0.6) is 0 Å². The molecule has 34 heavy (non-hydrogen) atoms. The van der Waals surface area contributed by atoms with Crippen LogP contribution in [0.15, 0.2) is 64.4 Å². The third-order valence-corrected chi connectivity index (χ3v) is 10.1. The molecule has 8 nitrogen and oxygen atoms in total. The van der Waals surface area contributed by atoms with Crippen LogP contribution < -0.4 is 5.32 Å². The molecule has 3 rings (SSSR count). The number of amides is 1. The van der Waals surface area contributed by atoms with Crippen LogP contribution in [0.1, 0.15) is 46.0 Å². The molecule has 2 aromatic rings. The van der Waals surface area contributed by atoms with E-state index in [1.54, 1.807) is 38.1 Å². The Balaban J connectivity index is 1.88. The Morgan fingerprint density at radius 2 is 1.35 bits per heavy atom. The first-order valence-electron chi connectivity index (χ1n) is 11.7. The summed E-state index contributed by atoms with van der Waals surface area (Å²) in [5.74, 6) is -0.416. The number of nitrogens with zero attached hydrogens (tertiary/aromatic N) is 2. The highest BCUT2D eigenvalue weighted by Gasteiger charge is 2.34. The molecule has 186 valence electrons. The summed E-state index contributed by atoms with van der Waals surface area (Å²) in [7, 11) is -7.71. The number of rotatable bonds is 10. The van der Waals surface area contributed by atoms with Crippen molar-refractivity contribution in [3.8, 4) is 0 Å². The van der Waals surface area contributed by atoms with E-state index in [2.05, 4.69) is 5.32 Å². The van der Waals surface area contributed by atoms with Crippen molar-refractivity contribution < 1.29 is 21.6 Å². The monoisotopic (exact) mass is 507 g/mol. The van der Waals surface area contributed by atoms with Gasteiger partial charge in [0.25, 0.3) is 0 Å². The standard InChI is InChI=1S/C24H33N3O5S2/c1-3-26(4-2)33(29,30)22-15-17-23(18-16-22)34(31,32)27(21-13-9-6-10-14-21)19-24(28)25-20-11-7-5-8-12-20/h5,7-8,11-12,15-18,21H,3-4,6,9-10,13-14,19H2,1-2H3,(H,25,28). The first-order valence-corrected chi connectivity index (χ1v) is 14.5. The Bertz CT molecular complexity index is 1160. The van der Waals surface area contributed by atoms with E-state index in [4.69, 9.17) is 0 Å². The van der Waals surface area contributed by atoms with Gasteiger partial charge >= 0.3 is 0 Å². The fourth-order valence-corrected chi connectivity index (χ4v) is 7.37. The average molecular weight is 508 g/mol. The average Bonchev–Trinajstić information content (AvgIpc) is 2.84. The molecule has 0 heterocycles. The third kappa shape index (κ3) is 6.04. The zero-order chi connectivity index (χ0) is 24.8. The van der Waals surface area contributed by atoms with Crippen LogP contribution in [0, 0.1) is 0 Å². The lowest BCUT2D eigenvalue weighted by atomic mass is 9.95. The van der Waals surface area contributed by atoms with Gasteiger partial charge in [0.1, 0.15) is 0 Å². The fraction of sp³-hybridized carbons (Fsp3) is 0.458. The summed E-state index contributed by atoms with van der Waals surface area (Å²) in [6.45, 7) is 3.85. The Morgan fingerprint density at radius 1 is 0.824 bits per heavy atom. The molecule has 0 atom stereocenters. The summed E-state index contributed by atoms with van der Waals surface area (Å²) in [6, 6.07) is 13.9. The topological polar surface area (TPSA) is 104 Å². The number of hydrogen-bond donors (Lipinski definition) is 1. The molecule has 1 saturated carbocycles. The van der Waals surface area contributed by atoms with Crippen LogP contribution in [0.4, 0.5) is 5.69 Å². The Labute approximate surface area is 203 Å². The molecule has 1 aliphatic carbocycles. The van der Waals surface area contributed by atoms with Gasteiger partial charge in [-0.3, -0.25) is 4.79 Å². The Kier molecular flexibility index (Phi) is 8.86. The van der Waals surface area contributed by atoms with E-state index >= 15 is 0 Å². The first-order chi connectivity index (χ1) is 16.2. The smallest absolute Gasteiger partial charge is 0.243 e. The molecule has 2 aromatic carbocycles. The summed E-state index contributed by atoms with van der Waals surface area (Å²) in [4.78, 5) is 12.8. The molecular weight excluding hydrogens is 474 g/mol. The molecule has 0 aromatic heterocycles. The van der Waals surface area contributed by atoms with Crippen LogP contribution in [-0.2, 0) is 24.8 Å². The van der Waals surface area contributed by atoms with Gasteiger partial charge in [-0.25, -0.2) is 16.8 Å². The zero-order valence-electron chi connectivity index (χ0n) is 19.7. The van der Waals surface area contributed by atoms with E-state index in [0.717, 1.165) is 19.3 Å². The van der Waals surface area contributed by atoms with Crippen molar-refractivity contribution in [2.45, 2.75) is 61.8 Å². The van der Waals surface area contributed by atoms with Crippen molar-refractivity contribution in [2.24, 2.45) is 0 Å². The molecule has 1 amide bonds. The molecule has 0 saturated heterocycles. The molecule has 0 spiro atoms. The predicted octanol–water partition coefficient (Wildman–Crippen LogP) is 3.68. The molecule has 1 N–H and O–H groups in total. The summed E-state index contributed by atoms with van der Waals surface area (Å²) >= 11 is 0. The van der Waals surface area contributed by atoms with E-state index in [9.17, 15) is 21.6 Å². The van der Waals surface area contributed by atoms with Crippen LogP contribution in [0.3, 0.4) is 0 Å². The van der Waals surface area contributed by atoms with Crippen molar-refractivity contribution >= 4 is 31.6 Å². The van der Waals surface area contributed by atoms with Crippen molar-refractivity contribution in [1.29, 1.82) is 0 Å². The lowest BCUT2D eigenvalue weighted by molar-refractivity contribution is -0.116. The molecule has 0 aliphatic heterocycles. The molecule has 0 bridgehead atoms. The Hall–Kier alpha value is -2.27. The maximum Gasteiger partial charge on any atom is 0.243 e. The third-order valence-electron chi connectivity index (χ3n) is 6.11. The van der Waals surface area contributed by atoms with Gasteiger partial charge in [-0.15, -0.1) is 0 Å². The van der Waals surface area contributed by atoms with Crippen LogP contribution in [0.25, 0.3) is 0 Å². The minimum Gasteiger partial charge on any atom is -0.325 e. The fourth-order valence-electron chi connectivity index (χ4n) is 4.27. The highest BCUT2D eigenvalue weighted by atomic mass is 32.2. The van der Waals surface area contributed by atoms with Crippen molar-refractivity contribution in [3.63, 3.8) is 0 Å². The lowest BCUT2D eigenvalue weighted by Gasteiger charge is -2.33. The maximum absolute atomic E-state index is 13.6. The first kappa shape index (κ1) is 26.3. The van der Waals surface area contributed by atoms with E-state index in [1.165, 1.54) is 32.9 Å². The maximum atomic E-state index is 13.6. The van der Waals surface area contributed by atoms with Gasteiger partial charge in [-0.2, -0.15) is 8.61 Å². The van der Waals surface area contributed by atoms with E-state index in [0.29, 0.717) is 31.6 Å². The van der Waals surface area contributed by atoms with Gasteiger partial charge in [0, 0.05) is 24.8 Å². The number of carbonyl (C=O) groups is 1. The number of carbonyl (C=O) groups excluding carboxylic acids is 1. The molecular formula is C24H33N3O5S2. The second kappa shape index (κ2) is 11.4. The summed E-state index contributed by atoms with van der Waals surface area (Å²) < 4.78 is 55.4. The SMILES string of the molecule is CCN(CC)S(=O)(=O)c1ccc(S(=O)(=O)N(CC(=O)Nc2ccccc2)C2CCCCC2)cc1. The van der Waals surface area contributed by atoms with Gasteiger partial charge in [-0.1, -0.05) is 51.3 Å². The number of benzene rings is 2. The van der Waals surface area contributed by atoms with Crippen molar-refractivity contribution in [2.75, 3.05) is 25.0 Å². The molecule has 1 aliphatic rings. The minimum atomic E-state index is -4.02. The van der Waals surface area contributed by atoms with E-state index in [1.807, 2.05) is 6.07 Å². The highest BCUT2D eigenvalue weighted by molar-refractivity contribution is 7.89. The predicted molar refractivity (Wildman–Crippen MR) is 132 cm³/mol. The van der Waals surface area contributed by atoms with Crippen LogP contribution in [0.2, 0.25) is 0 Å². The van der Waals surface area contributed by atoms with Crippen LogP contribution >= 0.6 is 0 Å². The van der Waals surface area contributed by atoms with Gasteiger partial charge in [-0.05, 0) is 49.2 Å². The molecule has 10 heteroatoms. The number of hydrogen-bond acceptors (Lipinski definition) is 5. The second-order valence-electron chi connectivity index (χ2n) is 8.32. The number of anilines is 1. The van der Waals surface area contributed by atoms with Gasteiger partial charge in [0.2, 0.25) is 26.0 Å². The van der Waals surface area contributed by atoms with Crippen molar-refractivity contribution in [3.05, 3.63) is 54.6 Å². The highest BCUT2D eigenvalue weighted by Crippen LogP contribution is 2.29. The molecule has 1 fully saturated rings. The number of para-hydroxylation sites is 1. The molecule has 0 unspecified atom stereocenters. The van der Waals surface area contributed by atoms with Gasteiger partial charge in [0.15, 0.2) is 0 Å². The summed E-state index contributed by atoms with van der Waals surface area (Å²) in [6.07, 6.45) is 4.22. The quantitative estimate of drug-likeness (QED) is 0.528. The number of nitrogens with one attached hydrogen (secondary N) is 1. The summed E-state index contributed by atoms with van der Waals surface area (Å²) in [5.41, 5.74) is 0.597. The Morgan fingerprint density at radius 3 is 1.88 bits per heavy atom. The normalized spacial score (nSPS) is 15.5. The second-order valence-corrected chi connectivity index (χ2v) is 12.1. The van der Waals surface area contributed by atoms with Crippen molar-refractivity contribution in [1.82, 2.24) is 8.61 Å². The van der Waals surface area contributed by atoms with Crippen LogP contribution in [-0.4, -0.2) is 57.0 Å². The van der Waals surface area contributed by atoms with E-state index in [-0.39, 0.29) is 22.4 Å². The van der Waals surface area contributed by atoms with E-state index < -0.39 is 26.0 Å². The van der Waals surface area contributed by atoms with Gasteiger partial charge in [0.05, 0.1) is 16.3 Å². The zero-order valence-corrected chi connectivity index (χ0v) is 21.3. The largest absolute Gasteiger partial charge is 0.325 e. The molecule has 0 radical (unpaired) electrons. The lowest BCUT2D eigenvalue weighted by Crippen LogP contribution is -2.45. The summed E-state index contributed by atoms with van der Waals surface area (Å²) in [5, 5.41) is 2.76. The number of sulfonamides is 2. The van der Waals surface area contributed by atoms with Gasteiger partial charge < -0.3 is 5.32 Å². The minimum absolute atomic E-state index is 0.0240.